The van der Waals surface area contributed by atoms with Crippen LogP contribution >= 0.6 is 0 Å². The van der Waals surface area contributed by atoms with Crippen molar-refractivity contribution in [2.24, 2.45) is 0 Å². The molecule has 18 heteroatoms. The summed E-state index contributed by atoms with van der Waals surface area (Å²) < 4.78 is 22.5. The molecule has 0 spiro atoms. The lowest BCUT2D eigenvalue weighted by atomic mass is 10.0. The number of alkyl carbamates (subject to hydrolysis) is 2. The van der Waals surface area contributed by atoms with Gasteiger partial charge in [0, 0.05) is 43.0 Å². The molecule has 79 heavy (non-hydrogen) atoms. The zero-order chi connectivity index (χ0) is 56.0. The topological polar surface area (TPSA) is 242 Å². The molecule has 0 aliphatic rings. The average Bonchev–Trinajstić information content (AvgIpc) is 3.88. The van der Waals surface area contributed by atoms with Gasteiger partial charge in [-0.1, -0.05) is 152 Å². The quantitative estimate of drug-likeness (QED) is 0.0182. The maximum Gasteiger partial charge on any atom is 0.416 e. The van der Waals surface area contributed by atoms with Crippen molar-refractivity contribution < 1.29 is 47.7 Å². The fourth-order valence-electron chi connectivity index (χ4n) is 8.28. The van der Waals surface area contributed by atoms with Crippen molar-refractivity contribution in [2.75, 3.05) is 6.54 Å². The highest BCUT2D eigenvalue weighted by Crippen LogP contribution is 2.21. The van der Waals surface area contributed by atoms with Crippen LogP contribution in [0.15, 0.2) is 176 Å². The fourth-order valence-corrected chi connectivity index (χ4v) is 8.28. The SMILES string of the molecule is CC(C)(C)OC(=O)N[C@@H](Cc1ccc(OCc2ccccc2)cc1)C(=O)N[C@@H](CCCN(C(=N)NC(=O)OCc1ccccc1)C(=O)OCc1ccccc1)C(=O)N[C@@H](Cc1c[nH]c2ccccc12)C(=O)NCc1ccccc1. The number of amides is 6. The molecule has 410 valence electrons. The minimum absolute atomic E-state index is 0.0479. The van der Waals surface area contributed by atoms with Crippen LogP contribution in [0.4, 0.5) is 14.4 Å². The second-order valence-electron chi connectivity index (χ2n) is 19.6. The number of carbonyl (C=O) groups excluding carboxylic acids is 6. The highest BCUT2D eigenvalue weighted by atomic mass is 16.6. The van der Waals surface area contributed by atoms with Gasteiger partial charge in [0.15, 0.2) is 0 Å². The summed E-state index contributed by atoms with van der Waals surface area (Å²) in [4.78, 5) is 88.3. The summed E-state index contributed by atoms with van der Waals surface area (Å²) >= 11 is 0. The second kappa shape index (κ2) is 28.6. The Morgan fingerprint density at radius 3 is 1.71 bits per heavy atom. The highest BCUT2D eigenvalue weighted by molar-refractivity contribution is 6.00. The first-order valence-corrected chi connectivity index (χ1v) is 25.9. The lowest BCUT2D eigenvalue weighted by Crippen LogP contribution is -2.57. The van der Waals surface area contributed by atoms with Crippen LogP contribution in [0.1, 0.15) is 67.0 Å². The van der Waals surface area contributed by atoms with Gasteiger partial charge in [0.2, 0.25) is 23.7 Å². The Hall–Kier alpha value is -9.45. The van der Waals surface area contributed by atoms with Crippen LogP contribution < -0.4 is 31.3 Å². The first kappa shape index (κ1) is 57.3. The summed E-state index contributed by atoms with van der Waals surface area (Å²) in [5.41, 5.74) is 4.43. The van der Waals surface area contributed by atoms with E-state index in [4.69, 9.17) is 24.4 Å². The Labute approximate surface area is 459 Å². The van der Waals surface area contributed by atoms with Gasteiger partial charge in [0.25, 0.3) is 0 Å². The number of fused-ring (bicyclic) bond motifs is 1. The van der Waals surface area contributed by atoms with Crippen molar-refractivity contribution in [2.45, 2.75) is 96.5 Å². The number of hydrogen-bond acceptors (Lipinski definition) is 11. The molecule has 0 aliphatic heterocycles. The van der Waals surface area contributed by atoms with Crippen LogP contribution in [-0.2, 0) is 67.8 Å². The summed E-state index contributed by atoms with van der Waals surface area (Å²) in [5, 5.41) is 23.4. The fraction of sp³-hybridized carbons (Fsp3) is 0.262. The molecule has 0 saturated heterocycles. The highest BCUT2D eigenvalue weighted by Gasteiger charge is 2.32. The maximum atomic E-state index is 14.9. The summed E-state index contributed by atoms with van der Waals surface area (Å²) in [5.74, 6) is -2.13. The van der Waals surface area contributed by atoms with E-state index in [9.17, 15) is 28.8 Å². The molecule has 3 atom stereocenters. The number of hydrogen-bond donors (Lipinski definition) is 7. The molecule has 0 unspecified atom stereocenters. The van der Waals surface area contributed by atoms with Crippen molar-refractivity contribution in [3.63, 3.8) is 0 Å². The number of aromatic amines is 1. The molecule has 7 aromatic rings. The number of ether oxygens (including phenoxy) is 4. The van der Waals surface area contributed by atoms with E-state index in [-0.39, 0.29) is 52.0 Å². The zero-order valence-electron chi connectivity index (χ0n) is 44.4. The van der Waals surface area contributed by atoms with E-state index >= 15 is 0 Å². The van der Waals surface area contributed by atoms with Crippen LogP contribution in [0.2, 0.25) is 0 Å². The predicted molar refractivity (Wildman–Crippen MR) is 298 cm³/mol. The summed E-state index contributed by atoms with van der Waals surface area (Å²) in [6.07, 6.45) is -1.38. The maximum absolute atomic E-state index is 14.9. The van der Waals surface area contributed by atoms with Crippen molar-refractivity contribution in [3.05, 3.63) is 209 Å². The molecular weight excluding hydrogens is 1000 g/mol. The number of nitrogens with one attached hydrogen (secondary N) is 7. The molecule has 0 radical (unpaired) electrons. The number of aromatic nitrogens is 1. The van der Waals surface area contributed by atoms with Crippen molar-refractivity contribution in [1.82, 2.24) is 36.5 Å². The summed E-state index contributed by atoms with van der Waals surface area (Å²) in [6.45, 7) is 4.96. The van der Waals surface area contributed by atoms with Crippen molar-refractivity contribution in [3.8, 4) is 5.75 Å². The van der Waals surface area contributed by atoms with Gasteiger partial charge in [-0.25, -0.2) is 19.3 Å². The molecule has 0 bridgehead atoms. The Morgan fingerprint density at radius 1 is 0.557 bits per heavy atom. The summed E-state index contributed by atoms with van der Waals surface area (Å²) in [6, 6.07) is 47.4. The monoisotopic (exact) mass is 1070 g/mol. The predicted octanol–water partition coefficient (Wildman–Crippen LogP) is 8.99. The molecule has 0 fully saturated rings. The largest absolute Gasteiger partial charge is 0.489 e. The zero-order valence-corrected chi connectivity index (χ0v) is 44.4. The van der Waals surface area contributed by atoms with E-state index in [1.807, 2.05) is 97.1 Å². The number of rotatable bonds is 23. The van der Waals surface area contributed by atoms with Crippen LogP contribution in [0, 0.1) is 5.41 Å². The van der Waals surface area contributed by atoms with Crippen LogP contribution in [-0.4, -0.2) is 82.1 Å². The van der Waals surface area contributed by atoms with Gasteiger partial charge < -0.3 is 45.2 Å². The molecule has 7 N–H and O–H groups in total. The van der Waals surface area contributed by atoms with Gasteiger partial charge in [-0.2, -0.15) is 0 Å². The molecule has 1 aromatic heterocycles. The first-order valence-electron chi connectivity index (χ1n) is 25.9. The van der Waals surface area contributed by atoms with E-state index in [1.54, 1.807) is 99.8 Å². The molecular formula is C61H66N8O10. The number of para-hydroxylation sites is 1. The van der Waals surface area contributed by atoms with Gasteiger partial charge in [0.05, 0.1) is 0 Å². The van der Waals surface area contributed by atoms with Crippen LogP contribution in [0.25, 0.3) is 10.9 Å². The van der Waals surface area contributed by atoms with E-state index in [2.05, 4.69) is 31.6 Å². The molecule has 0 saturated carbocycles. The third kappa shape index (κ3) is 18.7. The number of benzene rings is 6. The number of guanidine groups is 1. The first-order chi connectivity index (χ1) is 38.2. The Balaban J connectivity index is 1.15. The van der Waals surface area contributed by atoms with Gasteiger partial charge >= 0.3 is 18.3 Å². The minimum atomic E-state index is -1.42. The molecule has 6 aromatic carbocycles. The lowest BCUT2D eigenvalue weighted by molar-refractivity contribution is -0.132. The molecule has 1 heterocycles. The normalized spacial score (nSPS) is 12.1. The van der Waals surface area contributed by atoms with Crippen molar-refractivity contribution >= 4 is 52.9 Å². The standard InChI is InChI=1S/C61H66N8O10/c1-61(2,3)79-59(74)67-52(35-42-30-32-48(33-31-42)76-39-44-21-10-5-11-22-44)56(72)65-51(55(71)66-53(54(70)64-37-43-19-8-4-9-20-43)36-47-38-63-50-28-17-16-27-49(47)50)29-18-34-69(60(75)78-41-46-25-14-7-15-26-46)57(62)68-58(73)77-40-45-23-12-6-13-24-45/h4-17,19-28,30-33,38,51-53,63H,18,29,34-37,39-41H2,1-3H3,(H,64,70)(H,65,72)(H,66,71)(H,67,74)(H2,62,68,73)/t51-,52-,53-/m0/s1. The number of nitrogens with zero attached hydrogens (tertiary/aromatic N) is 1. The second-order valence-corrected chi connectivity index (χ2v) is 19.6. The van der Waals surface area contributed by atoms with Gasteiger partial charge in [0.1, 0.15) is 49.3 Å². The number of H-pyrrole nitrogens is 1. The molecule has 0 aliphatic carbocycles. The third-order valence-corrected chi connectivity index (χ3v) is 12.3. The van der Waals surface area contributed by atoms with Crippen molar-refractivity contribution in [1.29, 1.82) is 5.41 Å². The molecule has 6 amide bonds. The average molecular weight is 1070 g/mol. The third-order valence-electron chi connectivity index (χ3n) is 12.3. The van der Waals surface area contributed by atoms with Gasteiger partial charge in [-0.15, -0.1) is 0 Å². The number of carbonyl (C=O) groups is 6. The Kier molecular flexibility index (Phi) is 20.7. The molecule has 7 rings (SSSR count). The Bertz CT molecular complexity index is 3120. The lowest BCUT2D eigenvalue weighted by Gasteiger charge is -2.27. The van der Waals surface area contributed by atoms with Gasteiger partial charge in [-0.05, 0) is 85.2 Å². The van der Waals surface area contributed by atoms with E-state index < -0.39 is 65.7 Å². The molecule has 18 nitrogen and oxygen atoms in total. The van der Waals surface area contributed by atoms with E-state index in [1.165, 1.54) is 0 Å². The Morgan fingerprint density at radius 2 is 1.09 bits per heavy atom. The smallest absolute Gasteiger partial charge is 0.416 e. The van der Waals surface area contributed by atoms with Crippen LogP contribution in [0.5, 0.6) is 5.75 Å². The van der Waals surface area contributed by atoms with E-state index in [0.717, 1.165) is 32.5 Å². The van der Waals surface area contributed by atoms with E-state index in [0.29, 0.717) is 29.0 Å². The van der Waals surface area contributed by atoms with Crippen LogP contribution in [0.3, 0.4) is 0 Å². The minimum Gasteiger partial charge on any atom is -0.489 e. The van der Waals surface area contributed by atoms with Gasteiger partial charge in [-0.3, -0.25) is 25.1 Å². The summed E-state index contributed by atoms with van der Waals surface area (Å²) in [7, 11) is 0.